The predicted molar refractivity (Wildman–Crippen MR) is 115 cm³/mol. The molecule has 0 saturated carbocycles. The summed E-state index contributed by atoms with van der Waals surface area (Å²) in [6.45, 7) is 5.25. The quantitative estimate of drug-likeness (QED) is 0.520. The molecule has 9 nitrogen and oxygen atoms in total. The minimum atomic E-state index is -5.08. The molecule has 13 heteroatoms. The van der Waals surface area contributed by atoms with Crippen LogP contribution in [0.4, 0.5) is 13.2 Å². The highest BCUT2D eigenvalue weighted by atomic mass is 32.2. The van der Waals surface area contributed by atoms with E-state index in [0.29, 0.717) is 39.3 Å². The van der Waals surface area contributed by atoms with Crippen LogP contribution in [-0.2, 0) is 30.8 Å². The highest BCUT2D eigenvalue weighted by Crippen LogP contribution is 2.13. The Labute approximate surface area is 191 Å². The van der Waals surface area contributed by atoms with Crippen LogP contribution in [-0.4, -0.2) is 99.5 Å². The van der Waals surface area contributed by atoms with E-state index < -0.39 is 22.2 Å². The summed E-state index contributed by atoms with van der Waals surface area (Å²) in [7, 11) is -1.79. The lowest BCUT2D eigenvalue weighted by molar-refractivity contribution is -0.192. The molecule has 0 spiro atoms. The van der Waals surface area contributed by atoms with Crippen LogP contribution < -0.4 is 5.32 Å². The van der Waals surface area contributed by atoms with Crippen molar-refractivity contribution in [2.45, 2.75) is 19.5 Å². The fraction of sp³-hybridized carbons (Fsp3) is 0.600. The number of nitrogens with zero attached hydrogens (tertiary/aromatic N) is 2. The zero-order chi connectivity index (χ0) is 25.1. The second-order valence-electron chi connectivity index (χ2n) is 7.30. The van der Waals surface area contributed by atoms with E-state index in [1.807, 2.05) is 31.2 Å². The van der Waals surface area contributed by atoms with Gasteiger partial charge in [-0.25, -0.2) is 13.2 Å². The Balaban J connectivity index is 0.000000675. The van der Waals surface area contributed by atoms with Gasteiger partial charge in [-0.05, 0) is 12.5 Å². The van der Waals surface area contributed by atoms with E-state index in [9.17, 15) is 26.4 Å². The number of carboxylic acids is 1. The number of nitrogens with one attached hydrogen (secondary N) is 1. The minimum Gasteiger partial charge on any atom is -0.475 e. The van der Waals surface area contributed by atoms with Crippen molar-refractivity contribution in [3.8, 4) is 0 Å². The largest absolute Gasteiger partial charge is 0.490 e. The first-order valence-electron chi connectivity index (χ1n) is 10.2. The van der Waals surface area contributed by atoms with Crippen molar-refractivity contribution in [1.82, 2.24) is 14.5 Å². The molecule has 0 unspecified atom stereocenters. The van der Waals surface area contributed by atoms with Gasteiger partial charge in [0.2, 0.25) is 15.9 Å². The van der Waals surface area contributed by atoms with E-state index >= 15 is 0 Å². The fourth-order valence-corrected chi connectivity index (χ4v) is 4.28. The molecule has 1 aliphatic rings. The van der Waals surface area contributed by atoms with E-state index in [4.69, 9.17) is 14.6 Å². The van der Waals surface area contributed by atoms with Crippen LogP contribution in [0.15, 0.2) is 24.3 Å². The van der Waals surface area contributed by atoms with E-state index in [1.165, 1.54) is 4.31 Å². The number of carbonyl (C=O) groups excluding carboxylic acids is 1. The zero-order valence-electron chi connectivity index (χ0n) is 18.6. The van der Waals surface area contributed by atoms with Gasteiger partial charge >= 0.3 is 12.1 Å². The molecule has 1 amide bonds. The Morgan fingerprint density at radius 2 is 1.70 bits per heavy atom. The van der Waals surface area contributed by atoms with Crippen LogP contribution in [0, 0.1) is 6.92 Å². The molecule has 1 fully saturated rings. The molecular formula is C20H30F3N3O6S. The summed E-state index contributed by atoms with van der Waals surface area (Å²) in [5.74, 6) is -2.90. The number of methoxy groups -OCH3 is 1. The molecule has 1 saturated heterocycles. The standard InChI is InChI=1S/C18H29N3O4S.C2HF3O2/c1-16-3-5-17(6-4-16)15-18(22)20(11-13-25-2)12-14-26(23,24)21-9-7-19-8-10-21;3-2(4,5)1(6)7/h3-6,19H,7-15H2,1-2H3;(H,6,7). The van der Waals surface area contributed by atoms with Gasteiger partial charge in [-0.1, -0.05) is 29.8 Å². The molecule has 0 aliphatic carbocycles. The number of amides is 1. The molecule has 2 rings (SSSR count). The maximum atomic E-state index is 12.6. The van der Waals surface area contributed by atoms with Gasteiger partial charge in [0.15, 0.2) is 0 Å². The molecule has 1 aromatic rings. The fourth-order valence-electron chi connectivity index (χ4n) is 2.83. The van der Waals surface area contributed by atoms with Crippen molar-refractivity contribution in [3.63, 3.8) is 0 Å². The van der Waals surface area contributed by atoms with E-state index in [0.717, 1.165) is 11.1 Å². The van der Waals surface area contributed by atoms with Gasteiger partial charge in [0.1, 0.15) is 0 Å². The number of ether oxygens (including phenoxy) is 1. The van der Waals surface area contributed by atoms with Crippen LogP contribution in [0.1, 0.15) is 11.1 Å². The number of rotatable bonds is 9. The highest BCUT2D eigenvalue weighted by molar-refractivity contribution is 7.89. The summed E-state index contributed by atoms with van der Waals surface area (Å²) in [4.78, 5) is 23.1. The van der Waals surface area contributed by atoms with Crippen molar-refractivity contribution < 1.29 is 41.0 Å². The Morgan fingerprint density at radius 3 is 2.18 bits per heavy atom. The molecule has 0 aromatic heterocycles. The van der Waals surface area contributed by atoms with Gasteiger partial charge in [-0.3, -0.25) is 4.79 Å². The molecule has 2 N–H and O–H groups in total. The van der Waals surface area contributed by atoms with Crippen molar-refractivity contribution in [2.75, 3.05) is 58.7 Å². The second kappa shape index (κ2) is 13.5. The number of benzene rings is 1. The average Bonchev–Trinajstić information content (AvgIpc) is 2.75. The van der Waals surface area contributed by atoms with Gasteiger partial charge in [-0.2, -0.15) is 17.5 Å². The summed E-state index contributed by atoms with van der Waals surface area (Å²) in [6, 6.07) is 7.80. The smallest absolute Gasteiger partial charge is 0.475 e. The molecule has 33 heavy (non-hydrogen) atoms. The third kappa shape index (κ3) is 11.0. The molecule has 0 radical (unpaired) electrons. The van der Waals surface area contributed by atoms with E-state index in [1.54, 1.807) is 12.0 Å². The molecule has 188 valence electrons. The normalized spacial score (nSPS) is 14.8. The van der Waals surface area contributed by atoms with E-state index in [-0.39, 0.29) is 24.6 Å². The van der Waals surface area contributed by atoms with Gasteiger partial charge < -0.3 is 20.1 Å². The number of sulfonamides is 1. The molecule has 1 aliphatic heterocycles. The van der Waals surface area contributed by atoms with Crippen LogP contribution >= 0.6 is 0 Å². The number of aryl methyl sites for hydroxylation is 1. The predicted octanol–water partition coefficient (Wildman–Crippen LogP) is 0.881. The number of hydrogen-bond donors (Lipinski definition) is 2. The molecular weight excluding hydrogens is 467 g/mol. The molecule has 1 heterocycles. The Morgan fingerprint density at radius 1 is 1.15 bits per heavy atom. The lowest BCUT2D eigenvalue weighted by Crippen LogP contribution is -2.48. The maximum Gasteiger partial charge on any atom is 0.490 e. The molecule has 0 bridgehead atoms. The average molecular weight is 498 g/mol. The number of halogens is 3. The monoisotopic (exact) mass is 497 g/mol. The molecule has 1 aromatic carbocycles. The second-order valence-corrected chi connectivity index (χ2v) is 9.39. The van der Waals surface area contributed by atoms with Crippen molar-refractivity contribution in [3.05, 3.63) is 35.4 Å². The summed E-state index contributed by atoms with van der Waals surface area (Å²) in [5.41, 5.74) is 2.06. The summed E-state index contributed by atoms with van der Waals surface area (Å²) in [5, 5.41) is 10.3. The van der Waals surface area contributed by atoms with Crippen LogP contribution in [0.5, 0.6) is 0 Å². The Bertz CT molecular complexity index is 857. The minimum absolute atomic E-state index is 0.0592. The number of hydrogen-bond acceptors (Lipinski definition) is 6. The van der Waals surface area contributed by atoms with Crippen LogP contribution in [0.3, 0.4) is 0 Å². The van der Waals surface area contributed by atoms with E-state index in [2.05, 4.69) is 5.32 Å². The lowest BCUT2D eigenvalue weighted by atomic mass is 10.1. The first-order valence-corrected chi connectivity index (χ1v) is 11.8. The number of piperazine rings is 1. The Hall–Kier alpha value is -2.22. The van der Waals surface area contributed by atoms with Gasteiger partial charge in [0.05, 0.1) is 18.8 Å². The highest BCUT2D eigenvalue weighted by Gasteiger charge is 2.38. The zero-order valence-corrected chi connectivity index (χ0v) is 19.4. The maximum absolute atomic E-state index is 12.6. The molecule has 0 atom stereocenters. The Kier molecular flexibility index (Phi) is 11.8. The summed E-state index contributed by atoms with van der Waals surface area (Å²) < 4.78 is 63.3. The number of carbonyl (C=O) groups is 2. The van der Waals surface area contributed by atoms with Crippen molar-refractivity contribution in [2.24, 2.45) is 0 Å². The lowest BCUT2D eigenvalue weighted by Gasteiger charge is -2.28. The number of carboxylic acid groups (broad SMARTS) is 1. The summed E-state index contributed by atoms with van der Waals surface area (Å²) >= 11 is 0. The van der Waals surface area contributed by atoms with Gasteiger partial charge in [-0.15, -0.1) is 0 Å². The first-order chi connectivity index (χ1) is 15.4. The third-order valence-corrected chi connectivity index (χ3v) is 6.58. The third-order valence-electron chi connectivity index (χ3n) is 4.73. The van der Waals surface area contributed by atoms with Crippen LogP contribution in [0.2, 0.25) is 0 Å². The SMILES string of the molecule is COCCN(CCS(=O)(=O)N1CCNCC1)C(=O)Cc1ccc(C)cc1.O=C(O)C(F)(F)F. The number of alkyl halides is 3. The van der Waals surface area contributed by atoms with Gasteiger partial charge in [0.25, 0.3) is 0 Å². The summed E-state index contributed by atoms with van der Waals surface area (Å²) in [6.07, 6.45) is -4.82. The first kappa shape index (κ1) is 28.8. The van der Waals surface area contributed by atoms with Crippen molar-refractivity contribution in [1.29, 1.82) is 0 Å². The topological polar surface area (TPSA) is 116 Å². The van der Waals surface area contributed by atoms with Gasteiger partial charge in [0, 0.05) is 46.4 Å². The number of aliphatic carboxylic acids is 1. The van der Waals surface area contributed by atoms with Crippen molar-refractivity contribution >= 4 is 21.9 Å². The van der Waals surface area contributed by atoms with Crippen LogP contribution in [0.25, 0.3) is 0 Å².